The second kappa shape index (κ2) is 9.10. The highest BCUT2D eigenvalue weighted by molar-refractivity contribution is 7.80. The molecular formula is C25H18N2O7S2-2. The number of fused-ring (bicyclic) bond motifs is 2. The number of hydrogen-bond acceptors (Lipinski definition) is 8. The highest BCUT2D eigenvalue weighted by Gasteiger charge is 2.32. The van der Waals surface area contributed by atoms with Gasteiger partial charge < -0.3 is 23.7 Å². The summed E-state index contributed by atoms with van der Waals surface area (Å²) in [6, 6.07) is 13.8. The Morgan fingerprint density at radius 2 is 1.61 bits per heavy atom. The minimum Gasteiger partial charge on any atom is -0.768 e. The van der Waals surface area contributed by atoms with Gasteiger partial charge in [0.1, 0.15) is 0 Å². The average Bonchev–Trinajstić information content (AvgIpc) is 2.86. The molecule has 1 aliphatic rings. The van der Waals surface area contributed by atoms with E-state index in [1.165, 1.54) is 16.7 Å². The Bertz CT molecular complexity index is 1690. The molecule has 0 radical (unpaired) electrons. The first-order chi connectivity index (χ1) is 17.2. The van der Waals surface area contributed by atoms with Crippen molar-refractivity contribution in [2.45, 2.75) is 16.7 Å². The van der Waals surface area contributed by atoms with Crippen LogP contribution in [0, 0.1) is 0 Å². The summed E-state index contributed by atoms with van der Waals surface area (Å²) in [4.78, 5) is 26.5. The fourth-order valence-electron chi connectivity index (χ4n) is 4.51. The Kier molecular flexibility index (Phi) is 6.08. The average molecular weight is 523 g/mol. The minimum absolute atomic E-state index is 0.0937. The zero-order valence-corrected chi connectivity index (χ0v) is 20.7. The third-order valence-corrected chi connectivity index (χ3v) is 7.41. The first-order valence-corrected chi connectivity index (χ1v) is 13.0. The molecular weight excluding hydrogens is 504 g/mol. The molecule has 1 aromatic heterocycles. The van der Waals surface area contributed by atoms with E-state index in [1.807, 2.05) is 0 Å². The molecule has 0 saturated heterocycles. The Labute approximate surface area is 210 Å². The number of nitrogens with zero attached hydrogens (tertiary/aromatic N) is 1. The zero-order chi connectivity index (χ0) is 25.7. The van der Waals surface area contributed by atoms with Gasteiger partial charge in [-0.25, -0.2) is 0 Å². The van der Waals surface area contributed by atoms with E-state index in [2.05, 4.69) is 5.32 Å². The number of ether oxygens (including phenoxy) is 1. The highest BCUT2D eigenvalue weighted by Crippen LogP contribution is 2.46. The molecule has 0 saturated carbocycles. The minimum atomic E-state index is -2.76. The van der Waals surface area contributed by atoms with Crippen LogP contribution in [0.4, 0.5) is 11.4 Å². The summed E-state index contributed by atoms with van der Waals surface area (Å²) in [7, 11) is 1.59. The lowest BCUT2D eigenvalue weighted by molar-refractivity contribution is 0.104. The smallest absolute Gasteiger partial charge is 0.293 e. The summed E-state index contributed by atoms with van der Waals surface area (Å²) < 4.78 is 53.6. The molecule has 1 aliphatic carbocycles. The molecule has 36 heavy (non-hydrogen) atoms. The predicted octanol–water partition coefficient (Wildman–Crippen LogP) is 3.37. The Morgan fingerprint density at radius 1 is 0.917 bits per heavy atom. The number of ketones is 1. The SMILES string of the molecule is CCOc1c2c3c(c(Nc4ccc(S(=O)[O-])cc4S(=O)[O-])ccc3n(C)c1=O)C(=O)c1ccccc1-2. The monoisotopic (exact) mass is 522 g/mol. The van der Waals surface area contributed by atoms with E-state index in [9.17, 15) is 27.1 Å². The van der Waals surface area contributed by atoms with Crippen molar-refractivity contribution < 1.29 is 27.1 Å². The first-order valence-electron chi connectivity index (χ1n) is 10.8. The van der Waals surface area contributed by atoms with Crippen LogP contribution in [0.15, 0.2) is 69.2 Å². The van der Waals surface area contributed by atoms with Crippen LogP contribution in [0.5, 0.6) is 5.75 Å². The first kappa shape index (κ1) is 24.1. The number of anilines is 2. The number of hydrogen-bond donors (Lipinski definition) is 1. The van der Waals surface area contributed by atoms with Crippen molar-refractivity contribution >= 4 is 50.2 Å². The summed E-state index contributed by atoms with van der Waals surface area (Å²) in [6.07, 6.45) is 0. The molecule has 11 heteroatoms. The third-order valence-electron chi connectivity index (χ3n) is 6.07. The fraction of sp³-hybridized carbons (Fsp3) is 0.120. The van der Waals surface area contributed by atoms with E-state index in [0.29, 0.717) is 33.3 Å². The van der Waals surface area contributed by atoms with Crippen LogP contribution in [0.3, 0.4) is 0 Å². The van der Waals surface area contributed by atoms with Crippen LogP contribution in [-0.4, -0.2) is 34.5 Å². The van der Waals surface area contributed by atoms with Crippen molar-refractivity contribution in [1.82, 2.24) is 4.57 Å². The quantitative estimate of drug-likeness (QED) is 0.335. The molecule has 3 aromatic carbocycles. The van der Waals surface area contributed by atoms with Crippen LogP contribution in [0.25, 0.3) is 22.0 Å². The number of nitrogens with one attached hydrogen (secondary N) is 1. The normalized spacial score (nSPS) is 13.8. The number of benzene rings is 3. The number of carbonyl (C=O) groups is 1. The Morgan fingerprint density at radius 3 is 2.28 bits per heavy atom. The number of pyridine rings is 1. The van der Waals surface area contributed by atoms with Gasteiger partial charge in [-0.15, -0.1) is 0 Å². The van der Waals surface area contributed by atoms with Crippen molar-refractivity contribution in [1.29, 1.82) is 0 Å². The summed E-state index contributed by atoms with van der Waals surface area (Å²) >= 11 is -5.38. The van der Waals surface area contributed by atoms with Crippen molar-refractivity contribution in [2.24, 2.45) is 7.05 Å². The van der Waals surface area contributed by atoms with Crippen LogP contribution >= 0.6 is 0 Å². The Hall–Kier alpha value is -3.64. The van der Waals surface area contributed by atoms with E-state index >= 15 is 0 Å². The molecule has 4 aromatic rings. The van der Waals surface area contributed by atoms with Crippen molar-refractivity contribution in [3.8, 4) is 16.9 Å². The number of aromatic nitrogens is 1. The van der Waals surface area contributed by atoms with Crippen molar-refractivity contribution in [3.63, 3.8) is 0 Å². The van der Waals surface area contributed by atoms with Crippen LogP contribution < -0.4 is 15.6 Å². The van der Waals surface area contributed by atoms with Gasteiger partial charge in [0.05, 0.1) is 29.1 Å². The molecule has 9 nitrogen and oxygen atoms in total. The largest absolute Gasteiger partial charge is 0.768 e. The zero-order valence-electron chi connectivity index (χ0n) is 19.0. The summed E-state index contributed by atoms with van der Waals surface area (Å²) in [5.74, 6) is -0.191. The third kappa shape index (κ3) is 3.68. The molecule has 2 atom stereocenters. The van der Waals surface area contributed by atoms with Gasteiger partial charge in [0.25, 0.3) is 5.56 Å². The molecule has 0 aliphatic heterocycles. The molecule has 0 amide bonds. The van der Waals surface area contributed by atoms with Gasteiger partial charge in [0, 0.05) is 33.4 Å². The maximum Gasteiger partial charge on any atom is 0.293 e. The number of carbonyl (C=O) groups excluding carboxylic acids is 1. The molecule has 0 bridgehead atoms. The van der Waals surface area contributed by atoms with Gasteiger partial charge in [0.15, 0.2) is 11.5 Å². The van der Waals surface area contributed by atoms with Crippen LogP contribution in [0.1, 0.15) is 22.8 Å². The molecule has 2 unspecified atom stereocenters. The lowest BCUT2D eigenvalue weighted by Crippen LogP contribution is -2.24. The van der Waals surface area contributed by atoms with Crippen LogP contribution in [-0.2, 0) is 29.2 Å². The van der Waals surface area contributed by atoms with Gasteiger partial charge in [-0.05, 0) is 65.0 Å². The Balaban J connectivity index is 1.84. The van der Waals surface area contributed by atoms with Gasteiger partial charge in [-0.3, -0.25) is 18.0 Å². The van der Waals surface area contributed by atoms with E-state index in [0.717, 1.165) is 6.07 Å². The molecule has 184 valence electrons. The number of aryl methyl sites for hydroxylation is 1. The number of rotatable bonds is 6. The molecule has 0 spiro atoms. The molecule has 1 N–H and O–H groups in total. The lowest BCUT2D eigenvalue weighted by atomic mass is 9.82. The molecule has 1 heterocycles. The summed E-state index contributed by atoms with van der Waals surface area (Å²) in [5.41, 5.74) is 2.24. The second-order valence-corrected chi connectivity index (χ2v) is 9.86. The topological polar surface area (TPSA) is 141 Å². The fourth-order valence-corrected chi connectivity index (χ4v) is 5.50. The van der Waals surface area contributed by atoms with E-state index in [4.69, 9.17) is 4.74 Å². The second-order valence-electron chi connectivity index (χ2n) is 8.01. The van der Waals surface area contributed by atoms with Crippen molar-refractivity contribution in [3.05, 3.63) is 76.1 Å². The van der Waals surface area contributed by atoms with Crippen LogP contribution in [0.2, 0.25) is 0 Å². The van der Waals surface area contributed by atoms with Gasteiger partial charge >= 0.3 is 0 Å². The van der Waals surface area contributed by atoms with Gasteiger partial charge in [-0.2, -0.15) is 0 Å². The van der Waals surface area contributed by atoms with Gasteiger partial charge in [-0.1, -0.05) is 24.3 Å². The van der Waals surface area contributed by atoms with E-state index in [1.54, 1.807) is 50.4 Å². The van der Waals surface area contributed by atoms with Gasteiger partial charge in [0.2, 0.25) is 0 Å². The lowest BCUT2D eigenvalue weighted by Gasteiger charge is -2.26. The predicted molar refractivity (Wildman–Crippen MR) is 133 cm³/mol. The summed E-state index contributed by atoms with van der Waals surface area (Å²) in [6.45, 7) is 2.00. The van der Waals surface area contributed by atoms with E-state index in [-0.39, 0.29) is 44.7 Å². The maximum atomic E-state index is 13.8. The van der Waals surface area contributed by atoms with Crippen molar-refractivity contribution in [2.75, 3.05) is 11.9 Å². The maximum absolute atomic E-state index is 13.8. The van der Waals surface area contributed by atoms with E-state index < -0.39 is 22.2 Å². The standard InChI is InChI=1S/C25H20N2O7S2/c1-3-34-24-20-14-6-4-5-7-15(14)23(28)21-17(10-11-18(22(20)21)27(2)25(24)29)26-16-9-8-13(35(30)31)12-19(16)36(32)33/h4-12,26H,3H2,1-2H3,(H,30,31)(H,32,33)/p-2. The highest BCUT2D eigenvalue weighted by atomic mass is 32.2. The molecule has 0 fully saturated rings. The summed E-state index contributed by atoms with van der Waals surface area (Å²) in [5, 5.41) is 3.49. The molecule has 5 rings (SSSR count).